The highest BCUT2D eigenvalue weighted by Crippen LogP contribution is 2.21. The van der Waals surface area contributed by atoms with E-state index in [2.05, 4.69) is 5.16 Å². The first kappa shape index (κ1) is 12.3. The van der Waals surface area contributed by atoms with E-state index >= 15 is 0 Å². The molecule has 0 aliphatic carbocycles. The van der Waals surface area contributed by atoms with E-state index in [9.17, 15) is 4.79 Å². The number of oxime groups is 1. The van der Waals surface area contributed by atoms with Gasteiger partial charge in [0, 0.05) is 10.4 Å². The van der Waals surface area contributed by atoms with Gasteiger partial charge in [-0.25, -0.2) is 0 Å². The van der Waals surface area contributed by atoms with Crippen molar-refractivity contribution in [3.63, 3.8) is 0 Å². The summed E-state index contributed by atoms with van der Waals surface area (Å²) in [6.07, 6.45) is -0.0157. The van der Waals surface area contributed by atoms with Crippen LogP contribution in [0.15, 0.2) is 47.6 Å². The zero-order valence-corrected chi connectivity index (χ0v) is 10.2. The van der Waals surface area contributed by atoms with Gasteiger partial charge in [0.15, 0.2) is 0 Å². The molecule has 1 aromatic carbocycles. The van der Waals surface area contributed by atoms with Gasteiger partial charge in [-0.3, -0.25) is 4.79 Å². The average Bonchev–Trinajstić information content (AvgIpc) is 2.79. The topological polar surface area (TPSA) is 69.9 Å². The summed E-state index contributed by atoms with van der Waals surface area (Å²) in [4.78, 5) is 12.1. The van der Waals surface area contributed by atoms with Crippen molar-refractivity contribution in [3.8, 4) is 0 Å². The van der Waals surface area contributed by atoms with Crippen molar-refractivity contribution in [1.29, 1.82) is 0 Å². The molecular weight excluding hydrogens is 250 g/mol. The lowest BCUT2D eigenvalue weighted by Gasteiger charge is -2.00. The zero-order chi connectivity index (χ0) is 13.0. The third-order valence-corrected chi connectivity index (χ3v) is 3.46. The van der Waals surface area contributed by atoms with E-state index in [4.69, 9.17) is 10.3 Å². The molecule has 0 saturated heterocycles. The number of thiophene rings is 1. The third kappa shape index (κ3) is 2.75. The lowest BCUT2D eigenvalue weighted by atomic mass is 10.1. The van der Waals surface area contributed by atoms with E-state index < -0.39 is 5.97 Å². The molecule has 1 aromatic heterocycles. The molecule has 0 fully saturated rings. The number of rotatable bonds is 4. The second-order valence-electron chi connectivity index (χ2n) is 3.65. The fraction of sp³-hybridized carbons (Fsp3) is 0.0769. The van der Waals surface area contributed by atoms with Crippen LogP contribution in [0.5, 0.6) is 0 Å². The van der Waals surface area contributed by atoms with Crippen LogP contribution in [0, 0.1) is 0 Å². The lowest BCUT2D eigenvalue weighted by molar-refractivity contribution is -0.136. The normalized spacial score (nSPS) is 11.4. The van der Waals surface area contributed by atoms with Gasteiger partial charge in [-0.15, -0.1) is 11.3 Å². The molecule has 2 N–H and O–H groups in total. The summed E-state index contributed by atoms with van der Waals surface area (Å²) in [5.74, 6) is -0.870. The molecular formula is C13H11NO3S. The number of benzene rings is 1. The minimum absolute atomic E-state index is 0.0157. The van der Waals surface area contributed by atoms with Crippen molar-refractivity contribution in [2.45, 2.75) is 6.42 Å². The van der Waals surface area contributed by atoms with Gasteiger partial charge in [-0.1, -0.05) is 35.5 Å². The standard InChI is InChI=1S/C13H11NO3S/c15-12(16)8-10-6-7-11(18-10)13(14-17)9-4-2-1-3-5-9/h1-7,17H,8H2,(H,15,16)/b14-13-. The fourth-order valence-electron chi connectivity index (χ4n) is 1.59. The Kier molecular flexibility index (Phi) is 3.74. The highest BCUT2D eigenvalue weighted by Gasteiger charge is 2.11. The Morgan fingerprint density at radius 1 is 1.17 bits per heavy atom. The smallest absolute Gasteiger partial charge is 0.308 e. The molecule has 4 nitrogen and oxygen atoms in total. The van der Waals surface area contributed by atoms with Gasteiger partial charge < -0.3 is 10.3 Å². The van der Waals surface area contributed by atoms with Crippen LogP contribution in [-0.4, -0.2) is 22.0 Å². The van der Waals surface area contributed by atoms with Crippen molar-refractivity contribution in [3.05, 3.63) is 57.8 Å². The maximum atomic E-state index is 10.6. The predicted octanol–water partition coefficient (Wildman–Crippen LogP) is 2.60. The first-order valence-corrected chi connectivity index (χ1v) is 6.10. The molecule has 2 aromatic rings. The molecule has 1 heterocycles. The van der Waals surface area contributed by atoms with Crippen LogP contribution in [-0.2, 0) is 11.2 Å². The van der Waals surface area contributed by atoms with E-state index in [1.54, 1.807) is 12.1 Å². The summed E-state index contributed by atoms with van der Waals surface area (Å²) in [5.41, 5.74) is 1.25. The van der Waals surface area contributed by atoms with Crippen LogP contribution in [0.1, 0.15) is 15.3 Å². The average molecular weight is 261 g/mol. The zero-order valence-electron chi connectivity index (χ0n) is 9.41. The first-order valence-electron chi connectivity index (χ1n) is 5.29. The van der Waals surface area contributed by atoms with Crippen molar-refractivity contribution in [1.82, 2.24) is 0 Å². The maximum absolute atomic E-state index is 10.6. The van der Waals surface area contributed by atoms with Crippen LogP contribution >= 0.6 is 11.3 Å². The molecule has 0 aliphatic rings. The molecule has 2 rings (SSSR count). The molecule has 0 aliphatic heterocycles. The minimum atomic E-state index is -0.870. The highest BCUT2D eigenvalue weighted by molar-refractivity contribution is 7.14. The molecule has 5 heteroatoms. The number of carboxylic acids is 1. The van der Waals surface area contributed by atoms with Gasteiger partial charge >= 0.3 is 5.97 Å². The third-order valence-electron chi connectivity index (χ3n) is 2.37. The summed E-state index contributed by atoms with van der Waals surface area (Å²) in [5, 5.41) is 21.1. The second-order valence-corrected chi connectivity index (χ2v) is 4.82. The number of nitrogens with zero attached hydrogens (tertiary/aromatic N) is 1. The summed E-state index contributed by atoms with van der Waals surface area (Å²) in [6, 6.07) is 12.8. The summed E-state index contributed by atoms with van der Waals surface area (Å²) < 4.78 is 0. The largest absolute Gasteiger partial charge is 0.481 e. The van der Waals surface area contributed by atoms with Gasteiger partial charge in [0.05, 0.1) is 11.3 Å². The van der Waals surface area contributed by atoms with Crippen LogP contribution in [0.25, 0.3) is 0 Å². The molecule has 0 saturated carbocycles. The van der Waals surface area contributed by atoms with E-state index in [-0.39, 0.29) is 6.42 Å². The van der Waals surface area contributed by atoms with Crippen LogP contribution in [0.3, 0.4) is 0 Å². The quantitative estimate of drug-likeness (QED) is 0.505. The Bertz CT molecular complexity index is 575. The SMILES string of the molecule is O=C(O)Cc1ccc(/C(=N\O)c2ccccc2)s1. The molecule has 92 valence electrons. The highest BCUT2D eigenvalue weighted by atomic mass is 32.1. The number of carboxylic acid groups (broad SMARTS) is 1. The number of hydrogen-bond acceptors (Lipinski definition) is 4. The van der Waals surface area contributed by atoms with E-state index in [0.29, 0.717) is 5.71 Å². The fourth-order valence-corrected chi connectivity index (χ4v) is 2.60. The van der Waals surface area contributed by atoms with E-state index in [0.717, 1.165) is 15.3 Å². The Hall–Kier alpha value is -2.14. The molecule has 0 amide bonds. The Morgan fingerprint density at radius 2 is 1.89 bits per heavy atom. The van der Waals surface area contributed by atoms with Crippen molar-refractivity contribution < 1.29 is 15.1 Å². The van der Waals surface area contributed by atoms with Crippen molar-refractivity contribution in [2.75, 3.05) is 0 Å². The summed E-state index contributed by atoms with van der Waals surface area (Å²) in [6.45, 7) is 0. The maximum Gasteiger partial charge on any atom is 0.308 e. The van der Waals surface area contributed by atoms with Crippen LogP contribution < -0.4 is 0 Å². The molecule has 0 unspecified atom stereocenters. The van der Waals surface area contributed by atoms with Gasteiger partial charge in [0.2, 0.25) is 0 Å². The second kappa shape index (κ2) is 5.46. The van der Waals surface area contributed by atoms with Crippen molar-refractivity contribution in [2.24, 2.45) is 5.16 Å². The number of carbonyl (C=O) groups is 1. The molecule has 0 bridgehead atoms. The van der Waals surface area contributed by atoms with Gasteiger partial charge in [-0.2, -0.15) is 0 Å². The van der Waals surface area contributed by atoms with Gasteiger partial charge in [0.25, 0.3) is 0 Å². The Balaban J connectivity index is 2.30. The molecule has 0 atom stereocenters. The molecule has 0 spiro atoms. The summed E-state index contributed by atoms with van der Waals surface area (Å²) in [7, 11) is 0. The monoisotopic (exact) mass is 261 g/mol. The minimum Gasteiger partial charge on any atom is -0.481 e. The van der Waals surface area contributed by atoms with Crippen molar-refractivity contribution >= 4 is 23.0 Å². The van der Waals surface area contributed by atoms with Crippen LogP contribution in [0.2, 0.25) is 0 Å². The number of aliphatic carboxylic acids is 1. The van der Waals surface area contributed by atoms with Gasteiger partial charge in [0.1, 0.15) is 5.71 Å². The van der Waals surface area contributed by atoms with Crippen LogP contribution in [0.4, 0.5) is 0 Å². The molecule has 0 radical (unpaired) electrons. The Morgan fingerprint density at radius 3 is 2.50 bits per heavy atom. The first-order chi connectivity index (χ1) is 8.70. The summed E-state index contributed by atoms with van der Waals surface area (Å²) >= 11 is 1.32. The number of hydrogen-bond donors (Lipinski definition) is 2. The lowest BCUT2D eigenvalue weighted by Crippen LogP contribution is -2.00. The van der Waals surface area contributed by atoms with E-state index in [1.807, 2.05) is 30.3 Å². The Labute approximate surface area is 108 Å². The molecule has 18 heavy (non-hydrogen) atoms. The van der Waals surface area contributed by atoms with E-state index in [1.165, 1.54) is 11.3 Å². The predicted molar refractivity (Wildman–Crippen MR) is 69.5 cm³/mol. The van der Waals surface area contributed by atoms with Gasteiger partial charge in [-0.05, 0) is 12.1 Å².